The number of amides is 1. The molecule has 3 atom stereocenters. The molecule has 1 fully saturated rings. The zero-order valence-corrected chi connectivity index (χ0v) is 11.1. The Kier molecular flexibility index (Phi) is 5.40. The first-order chi connectivity index (χ1) is 8.41. The molecule has 1 aliphatic heterocycles. The van der Waals surface area contributed by atoms with E-state index in [1.165, 1.54) is 0 Å². The summed E-state index contributed by atoms with van der Waals surface area (Å²) in [7, 11) is 0. The van der Waals surface area contributed by atoms with Gasteiger partial charge in [0.25, 0.3) is 0 Å². The molecule has 18 heavy (non-hydrogen) atoms. The predicted molar refractivity (Wildman–Crippen MR) is 66.4 cm³/mol. The molecule has 1 rings (SSSR count). The minimum atomic E-state index is -1.05. The van der Waals surface area contributed by atoms with Crippen LogP contribution in [0.3, 0.4) is 0 Å². The van der Waals surface area contributed by atoms with Crippen LogP contribution in [0.25, 0.3) is 0 Å². The first-order valence-corrected chi connectivity index (χ1v) is 6.35. The number of carbonyl (C=O) groups is 2. The second-order valence-electron chi connectivity index (χ2n) is 5.02. The molecular formula is C12H22N2O4. The fourth-order valence-corrected chi connectivity index (χ4v) is 2.04. The maximum atomic E-state index is 11.6. The average Bonchev–Trinajstić information content (AvgIpc) is 2.78. The SMILES string of the molecule is CC(OC(=O)N[C@H](C(=O)O)C(C)C)C1CCCN1. The number of hydrogen-bond acceptors (Lipinski definition) is 4. The molecular weight excluding hydrogens is 236 g/mol. The first kappa shape index (κ1) is 14.8. The topological polar surface area (TPSA) is 87.7 Å². The molecule has 0 aromatic heterocycles. The van der Waals surface area contributed by atoms with Gasteiger partial charge in [-0.05, 0) is 32.2 Å². The number of carbonyl (C=O) groups excluding carboxylic acids is 1. The highest BCUT2D eigenvalue weighted by Crippen LogP contribution is 2.12. The molecule has 1 amide bonds. The summed E-state index contributed by atoms with van der Waals surface area (Å²) in [6.07, 6.45) is 1.12. The standard InChI is InChI=1S/C12H22N2O4/c1-7(2)10(11(15)16)14-12(17)18-8(3)9-5-4-6-13-9/h7-10,13H,4-6H2,1-3H3,(H,14,17)(H,15,16)/t8?,9?,10-/m0/s1. The Morgan fingerprint density at radius 1 is 1.39 bits per heavy atom. The van der Waals surface area contributed by atoms with Gasteiger partial charge in [-0.2, -0.15) is 0 Å². The molecule has 1 heterocycles. The van der Waals surface area contributed by atoms with Crippen molar-refractivity contribution in [2.75, 3.05) is 6.54 Å². The lowest BCUT2D eigenvalue weighted by molar-refractivity contribution is -0.140. The maximum Gasteiger partial charge on any atom is 0.408 e. The summed E-state index contributed by atoms with van der Waals surface area (Å²) in [5, 5.41) is 14.6. The number of aliphatic carboxylic acids is 1. The van der Waals surface area contributed by atoms with Crippen molar-refractivity contribution < 1.29 is 19.4 Å². The Hall–Kier alpha value is -1.30. The van der Waals surface area contributed by atoms with Crippen LogP contribution >= 0.6 is 0 Å². The number of nitrogens with one attached hydrogen (secondary N) is 2. The van der Waals surface area contributed by atoms with Crippen molar-refractivity contribution >= 4 is 12.1 Å². The van der Waals surface area contributed by atoms with Gasteiger partial charge in [0.05, 0.1) is 0 Å². The summed E-state index contributed by atoms with van der Waals surface area (Å²) >= 11 is 0. The zero-order valence-electron chi connectivity index (χ0n) is 11.1. The van der Waals surface area contributed by atoms with Gasteiger partial charge in [0.15, 0.2) is 0 Å². The van der Waals surface area contributed by atoms with Crippen molar-refractivity contribution in [3.05, 3.63) is 0 Å². The maximum absolute atomic E-state index is 11.6. The quantitative estimate of drug-likeness (QED) is 0.683. The molecule has 2 unspecified atom stereocenters. The summed E-state index contributed by atoms with van der Waals surface area (Å²) < 4.78 is 5.19. The molecule has 104 valence electrons. The fourth-order valence-electron chi connectivity index (χ4n) is 2.04. The molecule has 0 bridgehead atoms. The molecule has 0 aromatic rings. The van der Waals surface area contributed by atoms with Gasteiger partial charge in [0.2, 0.25) is 0 Å². The molecule has 0 saturated carbocycles. The normalized spacial score (nSPS) is 22.6. The van der Waals surface area contributed by atoms with Crippen LogP contribution < -0.4 is 10.6 Å². The Bertz CT molecular complexity index is 300. The van der Waals surface area contributed by atoms with E-state index in [-0.39, 0.29) is 18.1 Å². The minimum absolute atomic E-state index is 0.165. The van der Waals surface area contributed by atoms with E-state index < -0.39 is 18.1 Å². The second kappa shape index (κ2) is 6.58. The number of carboxylic acid groups (broad SMARTS) is 1. The number of alkyl carbamates (subject to hydrolysis) is 1. The summed E-state index contributed by atoms with van der Waals surface area (Å²) in [6.45, 7) is 6.22. The lowest BCUT2D eigenvalue weighted by atomic mass is 10.1. The number of rotatable bonds is 5. The summed E-state index contributed by atoms with van der Waals surface area (Å²) in [6, 6.07) is -0.751. The van der Waals surface area contributed by atoms with Gasteiger partial charge in [-0.3, -0.25) is 0 Å². The molecule has 0 aliphatic carbocycles. The molecule has 6 nitrogen and oxygen atoms in total. The molecule has 0 radical (unpaired) electrons. The monoisotopic (exact) mass is 258 g/mol. The van der Waals surface area contributed by atoms with Gasteiger partial charge in [-0.15, -0.1) is 0 Å². The lowest BCUT2D eigenvalue weighted by Crippen LogP contribution is -2.47. The van der Waals surface area contributed by atoms with Crippen LogP contribution in [0.15, 0.2) is 0 Å². The van der Waals surface area contributed by atoms with Gasteiger partial charge in [-0.1, -0.05) is 13.8 Å². The van der Waals surface area contributed by atoms with Gasteiger partial charge in [0.1, 0.15) is 12.1 Å². The van der Waals surface area contributed by atoms with Crippen molar-refractivity contribution in [2.45, 2.75) is 51.8 Å². The number of carboxylic acids is 1. The van der Waals surface area contributed by atoms with Gasteiger partial charge in [-0.25, -0.2) is 9.59 Å². The zero-order chi connectivity index (χ0) is 13.7. The first-order valence-electron chi connectivity index (χ1n) is 6.35. The van der Waals surface area contributed by atoms with E-state index in [4.69, 9.17) is 9.84 Å². The smallest absolute Gasteiger partial charge is 0.408 e. The van der Waals surface area contributed by atoms with Crippen LogP contribution in [0.4, 0.5) is 4.79 Å². The van der Waals surface area contributed by atoms with E-state index in [1.807, 2.05) is 6.92 Å². The van der Waals surface area contributed by atoms with E-state index in [2.05, 4.69) is 10.6 Å². The van der Waals surface area contributed by atoms with Crippen molar-refractivity contribution in [3.8, 4) is 0 Å². The Morgan fingerprint density at radius 2 is 2.06 bits per heavy atom. The third kappa shape index (κ3) is 4.18. The predicted octanol–water partition coefficient (Wildman–Crippen LogP) is 0.962. The lowest BCUT2D eigenvalue weighted by Gasteiger charge is -2.23. The second-order valence-corrected chi connectivity index (χ2v) is 5.02. The largest absolute Gasteiger partial charge is 0.480 e. The third-order valence-corrected chi connectivity index (χ3v) is 3.16. The van der Waals surface area contributed by atoms with E-state index in [1.54, 1.807) is 13.8 Å². The van der Waals surface area contributed by atoms with E-state index >= 15 is 0 Å². The van der Waals surface area contributed by atoms with E-state index in [0.717, 1.165) is 19.4 Å². The van der Waals surface area contributed by atoms with Crippen LogP contribution in [-0.2, 0) is 9.53 Å². The molecule has 1 saturated heterocycles. The van der Waals surface area contributed by atoms with Crippen LogP contribution in [0.5, 0.6) is 0 Å². The minimum Gasteiger partial charge on any atom is -0.480 e. The van der Waals surface area contributed by atoms with Gasteiger partial charge in [0, 0.05) is 6.04 Å². The summed E-state index contributed by atoms with van der Waals surface area (Å²) in [5.41, 5.74) is 0. The molecule has 0 aromatic carbocycles. The third-order valence-electron chi connectivity index (χ3n) is 3.16. The van der Waals surface area contributed by atoms with Crippen LogP contribution in [0.1, 0.15) is 33.6 Å². The molecule has 6 heteroatoms. The average molecular weight is 258 g/mol. The number of hydrogen-bond donors (Lipinski definition) is 3. The van der Waals surface area contributed by atoms with E-state index in [0.29, 0.717) is 0 Å². The highest BCUT2D eigenvalue weighted by Gasteiger charge is 2.27. The summed E-state index contributed by atoms with van der Waals surface area (Å²) in [4.78, 5) is 22.5. The van der Waals surface area contributed by atoms with Gasteiger partial charge < -0.3 is 20.5 Å². The van der Waals surface area contributed by atoms with Crippen LogP contribution in [0.2, 0.25) is 0 Å². The Balaban J connectivity index is 2.42. The number of ether oxygens (including phenoxy) is 1. The highest BCUT2D eigenvalue weighted by atomic mass is 16.6. The van der Waals surface area contributed by atoms with Crippen molar-refractivity contribution in [3.63, 3.8) is 0 Å². The molecule has 1 aliphatic rings. The van der Waals surface area contributed by atoms with Crippen molar-refractivity contribution in [1.29, 1.82) is 0 Å². The summed E-state index contributed by atoms with van der Waals surface area (Å²) in [5.74, 6) is -1.23. The van der Waals surface area contributed by atoms with Crippen LogP contribution in [-0.4, -0.2) is 41.9 Å². The van der Waals surface area contributed by atoms with Crippen LogP contribution in [0, 0.1) is 5.92 Å². The Labute approximate surface area is 107 Å². The van der Waals surface area contributed by atoms with Gasteiger partial charge >= 0.3 is 12.1 Å². The van der Waals surface area contributed by atoms with Crippen molar-refractivity contribution in [1.82, 2.24) is 10.6 Å². The van der Waals surface area contributed by atoms with E-state index in [9.17, 15) is 9.59 Å². The Morgan fingerprint density at radius 3 is 2.50 bits per heavy atom. The highest BCUT2D eigenvalue weighted by molar-refractivity contribution is 5.80. The fraction of sp³-hybridized carbons (Fsp3) is 0.833. The molecule has 3 N–H and O–H groups in total. The molecule has 0 spiro atoms. The van der Waals surface area contributed by atoms with Crippen molar-refractivity contribution in [2.24, 2.45) is 5.92 Å².